The van der Waals surface area contributed by atoms with Crippen LogP contribution in [0.5, 0.6) is 0 Å². The quantitative estimate of drug-likeness (QED) is 0.681. The molecule has 1 aliphatic heterocycles. The fourth-order valence-electron chi connectivity index (χ4n) is 2.42. The van der Waals surface area contributed by atoms with E-state index in [1.54, 1.807) is 0 Å². The molecule has 0 saturated heterocycles. The zero-order valence-electron chi connectivity index (χ0n) is 11.4. The van der Waals surface area contributed by atoms with Crippen molar-refractivity contribution >= 4 is 17.3 Å². The van der Waals surface area contributed by atoms with Crippen molar-refractivity contribution in [3.63, 3.8) is 0 Å². The topological polar surface area (TPSA) is 52.9 Å². The van der Waals surface area contributed by atoms with E-state index in [0.29, 0.717) is 17.8 Å². The summed E-state index contributed by atoms with van der Waals surface area (Å²) in [6.45, 7) is 2.33. The van der Waals surface area contributed by atoms with Crippen LogP contribution in [0.1, 0.15) is 16.7 Å². The summed E-state index contributed by atoms with van der Waals surface area (Å²) in [5.41, 5.74) is 2.82. The normalized spacial score (nSPS) is 15.6. The molecule has 1 aliphatic rings. The largest absolute Gasteiger partial charge is 0.410 e. The van der Waals surface area contributed by atoms with E-state index in [0.717, 1.165) is 11.1 Å². The first-order valence-electron chi connectivity index (χ1n) is 6.49. The molecule has 5 heteroatoms. The minimum absolute atomic E-state index is 0.128. The van der Waals surface area contributed by atoms with Gasteiger partial charge in [0.1, 0.15) is 5.82 Å². The molecule has 0 bridgehead atoms. The lowest BCUT2D eigenvalue weighted by atomic mass is 10.1. The predicted octanol–water partition coefficient (Wildman–Crippen LogP) is 2.86. The van der Waals surface area contributed by atoms with Crippen LogP contribution < -0.4 is 4.90 Å². The first-order valence-corrected chi connectivity index (χ1v) is 6.49. The molecule has 0 saturated carbocycles. The molecular weight excluding hydrogens is 271 g/mol. The van der Waals surface area contributed by atoms with Crippen LogP contribution in [0.25, 0.3) is 0 Å². The van der Waals surface area contributed by atoms with Gasteiger partial charge in [-0.25, -0.2) is 4.39 Å². The van der Waals surface area contributed by atoms with Gasteiger partial charge in [-0.05, 0) is 30.7 Å². The zero-order valence-corrected chi connectivity index (χ0v) is 11.4. The second-order valence-corrected chi connectivity index (χ2v) is 4.99. The van der Waals surface area contributed by atoms with Gasteiger partial charge >= 0.3 is 0 Å². The van der Waals surface area contributed by atoms with Crippen LogP contribution in [0, 0.1) is 12.7 Å². The molecule has 0 spiro atoms. The van der Waals surface area contributed by atoms with Crippen LogP contribution in [-0.4, -0.2) is 16.8 Å². The molecule has 1 amide bonds. The molecule has 2 aromatic carbocycles. The van der Waals surface area contributed by atoms with E-state index in [9.17, 15) is 9.18 Å². The van der Waals surface area contributed by atoms with Crippen molar-refractivity contribution in [2.45, 2.75) is 13.5 Å². The second-order valence-electron chi connectivity index (χ2n) is 4.99. The Balaban J connectivity index is 2.00. The number of carbonyl (C=O) groups excluding carboxylic acids is 1. The van der Waals surface area contributed by atoms with Gasteiger partial charge in [0, 0.05) is 5.56 Å². The first-order chi connectivity index (χ1) is 10.1. The number of anilines is 1. The Kier molecular flexibility index (Phi) is 3.17. The molecule has 1 N–H and O–H groups in total. The molecule has 0 aliphatic carbocycles. The highest BCUT2D eigenvalue weighted by Gasteiger charge is 2.34. The lowest BCUT2D eigenvalue weighted by molar-refractivity contribution is -0.112. The number of hydrogen-bond acceptors (Lipinski definition) is 3. The number of oxime groups is 1. The highest BCUT2D eigenvalue weighted by atomic mass is 19.1. The monoisotopic (exact) mass is 284 g/mol. The van der Waals surface area contributed by atoms with Crippen molar-refractivity contribution in [1.82, 2.24) is 0 Å². The summed E-state index contributed by atoms with van der Waals surface area (Å²) in [6.07, 6.45) is 0. The van der Waals surface area contributed by atoms with Gasteiger partial charge < -0.3 is 10.1 Å². The van der Waals surface area contributed by atoms with Crippen molar-refractivity contribution in [2.75, 3.05) is 4.90 Å². The maximum Gasteiger partial charge on any atom is 0.281 e. The van der Waals surface area contributed by atoms with Gasteiger partial charge in [0.15, 0.2) is 5.71 Å². The molecule has 0 radical (unpaired) electrons. The fraction of sp³-hybridized carbons (Fsp3) is 0.125. The molecule has 1 heterocycles. The molecule has 0 atom stereocenters. The summed E-state index contributed by atoms with van der Waals surface area (Å²) in [7, 11) is 0. The Morgan fingerprint density at radius 1 is 1.19 bits per heavy atom. The van der Waals surface area contributed by atoms with Crippen molar-refractivity contribution in [3.8, 4) is 0 Å². The number of benzene rings is 2. The molecule has 106 valence electrons. The van der Waals surface area contributed by atoms with E-state index in [2.05, 4.69) is 5.16 Å². The van der Waals surface area contributed by atoms with Crippen molar-refractivity contribution in [2.24, 2.45) is 5.16 Å². The van der Waals surface area contributed by atoms with E-state index < -0.39 is 11.7 Å². The number of halogens is 1. The summed E-state index contributed by atoms with van der Waals surface area (Å²) < 4.78 is 13.3. The molecule has 2 aromatic rings. The smallest absolute Gasteiger partial charge is 0.281 e. The number of carbonyl (C=O) groups is 1. The standard InChI is InChI=1S/C16H13FN2O2/c1-10-2-4-11(5-3-10)9-19-14-7-6-12(17)8-13(14)15(18-21)16(19)20/h2-8,21H,9H2,1H3/b18-15-. The lowest BCUT2D eigenvalue weighted by Crippen LogP contribution is -2.29. The second kappa shape index (κ2) is 5.01. The summed E-state index contributed by atoms with van der Waals surface area (Å²) in [6, 6.07) is 11.8. The van der Waals surface area contributed by atoms with E-state index in [4.69, 9.17) is 5.21 Å². The number of amides is 1. The summed E-state index contributed by atoms with van der Waals surface area (Å²) in [5, 5.41) is 12.0. The molecule has 0 fully saturated rings. The number of rotatable bonds is 2. The van der Waals surface area contributed by atoms with Crippen LogP contribution >= 0.6 is 0 Å². The highest BCUT2D eigenvalue weighted by Crippen LogP contribution is 2.31. The van der Waals surface area contributed by atoms with Gasteiger partial charge in [-0.15, -0.1) is 0 Å². The van der Waals surface area contributed by atoms with Crippen LogP contribution in [0.3, 0.4) is 0 Å². The minimum atomic E-state index is -0.472. The molecule has 4 nitrogen and oxygen atoms in total. The molecule has 21 heavy (non-hydrogen) atoms. The van der Waals surface area contributed by atoms with Crippen molar-refractivity contribution < 1.29 is 14.4 Å². The van der Waals surface area contributed by atoms with E-state index in [1.165, 1.54) is 23.1 Å². The Bertz CT molecular complexity index is 738. The number of fused-ring (bicyclic) bond motifs is 1. The Labute approximate surface area is 121 Å². The van der Waals surface area contributed by atoms with Crippen molar-refractivity contribution in [3.05, 3.63) is 65.0 Å². The predicted molar refractivity (Wildman–Crippen MR) is 77.1 cm³/mol. The summed E-state index contributed by atoms with van der Waals surface area (Å²) >= 11 is 0. The van der Waals surface area contributed by atoms with Gasteiger partial charge in [0.2, 0.25) is 0 Å². The fourth-order valence-corrected chi connectivity index (χ4v) is 2.42. The average Bonchev–Trinajstić information content (AvgIpc) is 2.73. The highest BCUT2D eigenvalue weighted by molar-refractivity contribution is 6.54. The lowest BCUT2D eigenvalue weighted by Gasteiger charge is -2.17. The van der Waals surface area contributed by atoms with E-state index in [-0.39, 0.29) is 5.71 Å². The zero-order chi connectivity index (χ0) is 15.0. The van der Waals surface area contributed by atoms with Crippen LogP contribution in [-0.2, 0) is 11.3 Å². The number of nitrogens with zero attached hydrogens (tertiary/aromatic N) is 2. The molecule has 0 aromatic heterocycles. The number of aryl methyl sites for hydroxylation is 1. The van der Waals surface area contributed by atoms with Gasteiger partial charge in [0.05, 0.1) is 12.2 Å². The summed E-state index contributed by atoms with van der Waals surface area (Å²) in [5.74, 6) is -0.904. The van der Waals surface area contributed by atoms with E-state index >= 15 is 0 Å². The molecule has 0 unspecified atom stereocenters. The SMILES string of the molecule is Cc1ccc(CN2C(=O)/C(=N\O)c3cc(F)ccc32)cc1. The van der Waals surface area contributed by atoms with Crippen LogP contribution in [0.4, 0.5) is 10.1 Å². The maximum atomic E-state index is 13.3. The average molecular weight is 284 g/mol. The van der Waals surface area contributed by atoms with Gasteiger partial charge in [0.25, 0.3) is 5.91 Å². The molecule has 3 rings (SSSR count). The van der Waals surface area contributed by atoms with Gasteiger partial charge in [-0.3, -0.25) is 4.79 Å². The number of hydrogen-bond donors (Lipinski definition) is 1. The Hall–Kier alpha value is -2.69. The Morgan fingerprint density at radius 2 is 1.90 bits per heavy atom. The van der Waals surface area contributed by atoms with Crippen LogP contribution in [0.15, 0.2) is 47.6 Å². The molecular formula is C16H13FN2O2. The van der Waals surface area contributed by atoms with Gasteiger partial charge in [-0.1, -0.05) is 35.0 Å². The van der Waals surface area contributed by atoms with Gasteiger partial charge in [-0.2, -0.15) is 0 Å². The first kappa shape index (κ1) is 13.3. The van der Waals surface area contributed by atoms with E-state index in [1.807, 2.05) is 31.2 Å². The third-order valence-corrected chi connectivity index (χ3v) is 3.51. The minimum Gasteiger partial charge on any atom is -0.410 e. The Morgan fingerprint density at radius 3 is 2.57 bits per heavy atom. The third-order valence-electron chi connectivity index (χ3n) is 3.51. The third kappa shape index (κ3) is 2.27. The van der Waals surface area contributed by atoms with Crippen LogP contribution in [0.2, 0.25) is 0 Å². The maximum absolute atomic E-state index is 13.3. The van der Waals surface area contributed by atoms with Crippen molar-refractivity contribution in [1.29, 1.82) is 0 Å². The summed E-state index contributed by atoms with van der Waals surface area (Å²) in [4.78, 5) is 13.8.